The van der Waals surface area contributed by atoms with E-state index in [1.54, 1.807) is 17.0 Å². The lowest BCUT2D eigenvalue weighted by Crippen LogP contribution is -2.38. The van der Waals surface area contributed by atoms with E-state index in [4.69, 9.17) is 0 Å². The molecule has 0 radical (unpaired) electrons. The fourth-order valence-electron chi connectivity index (χ4n) is 2.93. The normalized spacial score (nSPS) is 20.3. The van der Waals surface area contributed by atoms with Crippen LogP contribution < -0.4 is 0 Å². The van der Waals surface area contributed by atoms with Crippen molar-refractivity contribution in [3.63, 3.8) is 0 Å². The minimum atomic E-state index is -1.18. The molecule has 1 aromatic carbocycles. The Balaban J connectivity index is 1.73. The van der Waals surface area contributed by atoms with Crippen LogP contribution in [0.5, 0.6) is 0 Å². The Kier molecular flexibility index (Phi) is 4.83. The second kappa shape index (κ2) is 6.90. The van der Waals surface area contributed by atoms with E-state index < -0.39 is 5.60 Å². The van der Waals surface area contributed by atoms with Gasteiger partial charge in [-0.05, 0) is 36.6 Å². The number of aliphatic hydroxyl groups is 2. The first-order valence-electron chi connectivity index (χ1n) is 8.48. The molecule has 1 atom stereocenters. The van der Waals surface area contributed by atoms with E-state index in [1.807, 2.05) is 24.3 Å². The average molecular weight is 341 g/mol. The highest BCUT2D eigenvalue weighted by Crippen LogP contribution is 2.24. The second-order valence-electron chi connectivity index (χ2n) is 6.93. The molecule has 0 aliphatic carbocycles. The van der Waals surface area contributed by atoms with Crippen LogP contribution in [0.15, 0.2) is 36.4 Å². The van der Waals surface area contributed by atoms with Gasteiger partial charge in [0.1, 0.15) is 5.60 Å². The predicted molar refractivity (Wildman–Crippen MR) is 94.1 cm³/mol. The highest BCUT2D eigenvalue weighted by atomic mass is 16.3. The first kappa shape index (κ1) is 17.5. The van der Waals surface area contributed by atoms with Gasteiger partial charge >= 0.3 is 0 Å². The third-order valence-electron chi connectivity index (χ3n) is 4.62. The van der Waals surface area contributed by atoms with Gasteiger partial charge in [0.15, 0.2) is 0 Å². The molecule has 1 aliphatic rings. The average Bonchev–Trinajstić information content (AvgIpc) is 3.04. The molecular formula is C19H23N3O3. The van der Waals surface area contributed by atoms with Gasteiger partial charge in [-0.3, -0.25) is 4.79 Å². The molecule has 1 aromatic heterocycles. The maximum absolute atomic E-state index is 12.5. The number of aliphatic hydroxyl groups excluding tert-OH is 1. The zero-order valence-electron chi connectivity index (χ0n) is 14.5. The largest absolute Gasteiger partial charge is 0.393 e. The predicted octanol–water partition coefficient (Wildman–Crippen LogP) is 1.84. The number of aromatic nitrogens is 2. The van der Waals surface area contributed by atoms with Crippen molar-refractivity contribution in [1.29, 1.82) is 0 Å². The van der Waals surface area contributed by atoms with Crippen LogP contribution >= 0.6 is 0 Å². The standard InChI is InChI=1S/C19H23N3O3/c1-13(2)16-7-8-17(21-20-16)14-3-5-15(6-4-14)18(24)22-10-9-19(25,11-22)12-23/h3-8,13,23,25H,9-12H2,1-2H3/t19-/m0/s1. The second-order valence-corrected chi connectivity index (χ2v) is 6.93. The number of nitrogens with zero attached hydrogens (tertiary/aromatic N) is 3. The highest BCUT2D eigenvalue weighted by Gasteiger charge is 2.37. The highest BCUT2D eigenvalue weighted by molar-refractivity contribution is 5.95. The molecule has 0 spiro atoms. The Labute approximate surface area is 147 Å². The third kappa shape index (κ3) is 3.70. The van der Waals surface area contributed by atoms with Crippen LogP contribution in [0.4, 0.5) is 0 Å². The zero-order valence-corrected chi connectivity index (χ0v) is 14.5. The lowest BCUT2D eigenvalue weighted by Gasteiger charge is -2.21. The topological polar surface area (TPSA) is 86.6 Å². The van der Waals surface area contributed by atoms with E-state index in [9.17, 15) is 15.0 Å². The molecule has 2 heterocycles. The van der Waals surface area contributed by atoms with E-state index in [0.717, 1.165) is 17.0 Å². The van der Waals surface area contributed by atoms with Crippen molar-refractivity contribution in [2.24, 2.45) is 0 Å². The summed E-state index contributed by atoms with van der Waals surface area (Å²) >= 11 is 0. The summed E-state index contributed by atoms with van der Waals surface area (Å²) in [7, 11) is 0. The van der Waals surface area contributed by atoms with Gasteiger partial charge in [-0.2, -0.15) is 10.2 Å². The van der Waals surface area contributed by atoms with Crippen LogP contribution in [0.1, 0.15) is 42.2 Å². The molecule has 25 heavy (non-hydrogen) atoms. The lowest BCUT2D eigenvalue weighted by molar-refractivity contribution is -0.00455. The van der Waals surface area contributed by atoms with E-state index in [0.29, 0.717) is 24.4 Å². The summed E-state index contributed by atoms with van der Waals surface area (Å²) in [6.45, 7) is 4.41. The number of carbonyl (C=O) groups excluding carboxylic acids is 1. The number of carbonyl (C=O) groups is 1. The van der Waals surface area contributed by atoms with Crippen LogP contribution in [-0.4, -0.2) is 56.5 Å². The van der Waals surface area contributed by atoms with Gasteiger partial charge in [-0.1, -0.05) is 26.0 Å². The summed E-state index contributed by atoms with van der Waals surface area (Å²) in [6.07, 6.45) is 0.394. The molecule has 132 valence electrons. The van der Waals surface area contributed by atoms with Crippen molar-refractivity contribution in [1.82, 2.24) is 15.1 Å². The Morgan fingerprint density at radius 1 is 1.20 bits per heavy atom. The van der Waals surface area contributed by atoms with E-state index in [-0.39, 0.29) is 19.1 Å². The number of hydrogen-bond donors (Lipinski definition) is 2. The van der Waals surface area contributed by atoms with Gasteiger partial charge in [-0.15, -0.1) is 0 Å². The Morgan fingerprint density at radius 3 is 2.44 bits per heavy atom. The molecule has 6 heteroatoms. The molecule has 2 N–H and O–H groups in total. The summed E-state index contributed by atoms with van der Waals surface area (Å²) in [5.74, 6) is 0.191. The van der Waals surface area contributed by atoms with Crippen molar-refractivity contribution >= 4 is 5.91 Å². The van der Waals surface area contributed by atoms with Crippen molar-refractivity contribution in [3.05, 3.63) is 47.7 Å². The number of rotatable bonds is 4. The molecule has 0 bridgehead atoms. The van der Waals surface area contributed by atoms with Crippen LogP contribution in [-0.2, 0) is 0 Å². The molecule has 1 amide bonds. The molecule has 1 fully saturated rings. The first-order chi connectivity index (χ1) is 11.9. The number of β-amino-alcohol motifs (C(OH)–C–C–N with tert-alkyl or cyclic N) is 1. The molecule has 3 rings (SSSR count). The molecular weight excluding hydrogens is 318 g/mol. The van der Waals surface area contributed by atoms with Gasteiger partial charge in [0.25, 0.3) is 5.91 Å². The summed E-state index contributed by atoms with van der Waals surface area (Å²) in [4.78, 5) is 14.1. The number of hydrogen-bond acceptors (Lipinski definition) is 5. The molecule has 6 nitrogen and oxygen atoms in total. The minimum Gasteiger partial charge on any atom is -0.393 e. The maximum Gasteiger partial charge on any atom is 0.253 e. The summed E-state index contributed by atoms with van der Waals surface area (Å²) in [6, 6.07) is 11.1. The number of amides is 1. The maximum atomic E-state index is 12.5. The van der Waals surface area contributed by atoms with Crippen LogP contribution in [0.2, 0.25) is 0 Å². The summed E-state index contributed by atoms with van der Waals surface area (Å²) in [5, 5.41) is 27.7. The Hall–Kier alpha value is -2.31. The molecule has 2 aromatic rings. The fourth-order valence-corrected chi connectivity index (χ4v) is 2.93. The molecule has 0 unspecified atom stereocenters. The van der Waals surface area contributed by atoms with Crippen LogP contribution in [0.25, 0.3) is 11.3 Å². The van der Waals surface area contributed by atoms with Gasteiger partial charge in [0.2, 0.25) is 0 Å². The van der Waals surface area contributed by atoms with E-state index in [2.05, 4.69) is 24.0 Å². The van der Waals surface area contributed by atoms with Crippen LogP contribution in [0.3, 0.4) is 0 Å². The van der Waals surface area contributed by atoms with Gasteiger partial charge < -0.3 is 15.1 Å². The van der Waals surface area contributed by atoms with Gasteiger partial charge in [-0.25, -0.2) is 0 Å². The number of benzene rings is 1. The minimum absolute atomic E-state index is 0.142. The van der Waals surface area contributed by atoms with Crippen molar-refractivity contribution in [3.8, 4) is 11.3 Å². The zero-order chi connectivity index (χ0) is 18.0. The SMILES string of the molecule is CC(C)c1ccc(-c2ccc(C(=O)N3CC[C@@](O)(CO)C3)cc2)nn1. The van der Waals surface area contributed by atoms with Crippen molar-refractivity contribution in [2.45, 2.75) is 31.8 Å². The van der Waals surface area contributed by atoms with Crippen LogP contribution in [0, 0.1) is 0 Å². The Morgan fingerprint density at radius 2 is 1.92 bits per heavy atom. The fraction of sp³-hybridized carbons (Fsp3) is 0.421. The van der Waals surface area contributed by atoms with Gasteiger partial charge in [0.05, 0.1) is 24.5 Å². The van der Waals surface area contributed by atoms with E-state index >= 15 is 0 Å². The van der Waals surface area contributed by atoms with E-state index in [1.165, 1.54) is 0 Å². The molecule has 0 saturated carbocycles. The quantitative estimate of drug-likeness (QED) is 0.886. The van der Waals surface area contributed by atoms with Crippen molar-refractivity contribution in [2.75, 3.05) is 19.7 Å². The van der Waals surface area contributed by atoms with Gasteiger partial charge in [0, 0.05) is 17.7 Å². The smallest absolute Gasteiger partial charge is 0.253 e. The monoisotopic (exact) mass is 341 g/mol. The first-order valence-corrected chi connectivity index (χ1v) is 8.48. The molecule has 1 saturated heterocycles. The third-order valence-corrected chi connectivity index (χ3v) is 4.62. The molecule has 1 aliphatic heterocycles. The summed E-state index contributed by atoms with van der Waals surface area (Å²) in [5.41, 5.74) is 1.98. The van der Waals surface area contributed by atoms with Crippen molar-refractivity contribution < 1.29 is 15.0 Å². The Bertz CT molecular complexity index is 744. The summed E-state index contributed by atoms with van der Waals surface area (Å²) < 4.78 is 0. The number of likely N-dealkylation sites (tertiary alicyclic amines) is 1. The lowest BCUT2D eigenvalue weighted by atomic mass is 10.1.